The maximum Gasteiger partial charge on any atom is 0.244 e. The van der Waals surface area contributed by atoms with E-state index in [0.717, 1.165) is 23.4 Å². The number of amides is 2. The number of imidazole rings is 1. The number of H-pyrrole nitrogens is 1. The molecule has 2 aromatic rings. The fourth-order valence-corrected chi connectivity index (χ4v) is 4.64. The fourth-order valence-electron chi connectivity index (χ4n) is 4.64. The molecule has 1 aromatic heterocycles. The molecular formula is C21H27N5O2. The Labute approximate surface area is 164 Å². The Bertz CT molecular complexity index is 855. The van der Waals surface area contributed by atoms with Crippen molar-refractivity contribution in [2.45, 2.75) is 44.2 Å². The number of nitrogens with two attached hydrogens (primary N) is 1. The molecule has 3 heterocycles. The van der Waals surface area contributed by atoms with Gasteiger partial charge in [-0.15, -0.1) is 0 Å². The van der Waals surface area contributed by atoms with Gasteiger partial charge in [0.2, 0.25) is 11.8 Å². The lowest BCUT2D eigenvalue weighted by molar-refractivity contribution is -0.144. The Morgan fingerprint density at radius 1 is 1.21 bits per heavy atom. The number of piperidine rings is 1. The zero-order valence-electron chi connectivity index (χ0n) is 16.2. The fraction of sp³-hybridized carbons (Fsp3) is 0.476. The smallest absolute Gasteiger partial charge is 0.244 e. The molecule has 1 saturated heterocycles. The molecule has 28 heavy (non-hydrogen) atoms. The molecule has 2 aliphatic rings. The van der Waals surface area contributed by atoms with E-state index in [1.807, 2.05) is 47.1 Å². The molecule has 1 aromatic carbocycles. The number of nitrogens with zero attached hydrogens (tertiary/aromatic N) is 3. The zero-order valence-corrected chi connectivity index (χ0v) is 16.2. The summed E-state index contributed by atoms with van der Waals surface area (Å²) in [5.41, 5.74) is 8.71. The van der Waals surface area contributed by atoms with E-state index in [0.29, 0.717) is 38.9 Å². The van der Waals surface area contributed by atoms with Crippen molar-refractivity contribution in [1.29, 1.82) is 0 Å². The normalized spacial score (nSPS) is 19.4. The first-order valence-electron chi connectivity index (χ1n) is 9.99. The first kappa shape index (κ1) is 18.7. The molecule has 4 rings (SSSR count). The van der Waals surface area contributed by atoms with Crippen molar-refractivity contribution in [2.24, 2.45) is 5.73 Å². The first-order valence-corrected chi connectivity index (χ1v) is 9.99. The number of aromatic nitrogens is 2. The number of rotatable bonds is 3. The summed E-state index contributed by atoms with van der Waals surface area (Å²) < 4.78 is 0. The summed E-state index contributed by atoms with van der Waals surface area (Å²) >= 11 is 0. The quantitative estimate of drug-likeness (QED) is 0.846. The third-order valence-electron chi connectivity index (χ3n) is 6.19. The van der Waals surface area contributed by atoms with Gasteiger partial charge in [0, 0.05) is 38.2 Å². The molecule has 0 aliphatic carbocycles. The second kappa shape index (κ2) is 7.39. The standard InChI is InChI=1S/C21H27N5O2/c1-2-17(27)26-11-8-16-19(24-14-23-16)21(26)9-12-25(13-10-21)20(28)18(22)15-6-4-3-5-7-15/h3-7,14,18H,2,8-13,22H2,1H3,(H,23,24). The average molecular weight is 381 g/mol. The molecule has 7 nitrogen and oxygen atoms in total. The molecule has 2 amide bonds. The predicted octanol–water partition coefficient (Wildman–Crippen LogP) is 1.72. The Morgan fingerprint density at radius 2 is 1.93 bits per heavy atom. The van der Waals surface area contributed by atoms with E-state index in [1.165, 1.54) is 0 Å². The van der Waals surface area contributed by atoms with E-state index in [1.54, 1.807) is 6.33 Å². The second-order valence-electron chi connectivity index (χ2n) is 7.62. The largest absolute Gasteiger partial charge is 0.348 e. The van der Waals surface area contributed by atoms with Crippen LogP contribution in [-0.2, 0) is 21.5 Å². The van der Waals surface area contributed by atoms with Crippen molar-refractivity contribution in [1.82, 2.24) is 19.8 Å². The van der Waals surface area contributed by atoms with Crippen molar-refractivity contribution < 1.29 is 9.59 Å². The SMILES string of the molecule is CCC(=O)N1CCc2[nH]cnc2C12CCN(C(=O)C(N)c1ccccc1)CC2. The molecule has 1 spiro atoms. The summed E-state index contributed by atoms with van der Waals surface area (Å²) in [6.45, 7) is 3.73. The van der Waals surface area contributed by atoms with E-state index in [-0.39, 0.29) is 11.8 Å². The van der Waals surface area contributed by atoms with E-state index in [9.17, 15) is 9.59 Å². The number of likely N-dealkylation sites (tertiary alicyclic amines) is 1. The summed E-state index contributed by atoms with van der Waals surface area (Å²) in [6.07, 6.45) is 4.36. The maximum absolute atomic E-state index is 12.9. The van der Waals surface area contributed by atoms with E-state index < -0.39 is 11.6 Å². The maximum atomic E-state index is 12.9. The van der Waals surface area contributed by atoms with Gasteiger partial charge in [0.1, 0.15) is 6.04 Å². The Morgan fingerprint density at radius 3 is 2.61 bits per heavy atom. The van der Waals surface area contributed by atoms with Crippen LogP contribution in [0.4, 0.5) is 0 Å². The molecule has 1 atom stereocenters. The van der Waals surface area contributed by atoms with Crippen LogP contribution in [0.1, 0.15) is 49.2 Å². The number of aromatic amines is 1. The number of fused-ring (bicyclic) bond motifs is 2. The Kier molecular flexibility index (Phi) is 4.93. The van der Waals surface area contributed by atoms with Crippen molar-refractivity contribution in [3.05, 3.63) is 53.6 Å². The lowest BCUT2D eigenvalue weighted by atomic mass is 9.78. The number of nitrogens with one attached hydrogen (secondary N) is 1. The minimum absolute atomic E-state index is 0.0625. The highest BCUT2D eigenvalue weighted by molar-refractivity contribution is 5.83. The summed E-state index contributed by atoms with van der Waals surface area (Å²) in [7, 11) is 0. The highest BCUT2D eigenvalue weighted by Crippen LogP contribution is 2.42. The van der Waals surface area contributed by atoms with Crippen LogP contribution in [0.5, 0.6) is 0 Å². The highest BCUT2D eigenvalue weighted by atomic mass is 16.2. The number of benzene rings is 1. The van der Waals surface area contributed by atoms with Crippen molar-refractivity contribution in [3.8, 4) is 0 Å². The van der Waals surface area contributed by atoms with Gasteiger partial charge in [0.25, 0.3) is 0 Å². The minimum Gasteiger partial charge on any atom is -0.348 e. The van der Waals surface area contributed by atoms with E-state index in [2.05, 4.69) is 9.97 Å². The lowest BCUT2D eigenvalue weighted by Crippen LogP contribution is -2.59. The predicted molar refractivity (Wildman–Crippen MR) is 105 cm³/mol. The number of hydrogen-bond acceptors (Lipinski definition) is 4. The number of hydrogen-bond donors (Lipinski definition) is 2. The monoisotopic (exact) mass is 381 g/mol. The molecular weight excluding hydrogens is 354 g/mol. The zero-order chi connectivity index (χ0) is 19.7. The van der Waals surface area contributed by atoms with Gasteiger partial charge in [-0.25, -0.2) is 4.98 Å². The van der Waals surface area contributed by atoms with Crippen LogP contribution >= 0.6 is 0 Å². The summed E-state index contributed by atoms with van der Waals surface area (Å²) in [6, 6.07) is 8.80. The molecule has 1 unspecified atom stereocenters. The molecule has 7 heteroatoms. The molecule has 0 radical (unpaired) electrons. The van der Waals surface area contributed by atoms with Gasteiger partial charge in [-0.3, -0.25) is 9.59 Å². The average Bonchev–Trinajstić information content (AvgIpc) is 3.24. The lowest BCUT2D eigenvalue weighted by Gasteiger charge is -2.50. The van der Waals surface area contributed by atoms with Crippen LogP contribution in [-0.4, -0.2) is 51.2 Å². The molecule has 3 N–H and O–H groups in total. The Hall–Kier alpha value is -2.67. The van der Waals surface area contributed by atoms with Crippen LogP contribution in [0.15, 0.2) is 36.7 Å². The molecule has 0 bridgehead atoms. The van der Waals surface area contributed by atoms with Crippen molar-refractivity contribution >= 4 is 11.8 Å². The van der Waals surface area contributed by atoms with Crippen LogP contribution < -0.4 is 5.73 Å². The summed E-state index contributed by atoms with van der Waals surface area (Å²) in [5, 5.41) is 0. The molecule has 1 fully saturated rings. The Balaban J connectivity index is 1.55. The first-order chi connectivity index (χ1) is 13.6. The van der Waals surface area contributed by atoms with Crippen LogP contribution in [0, 0.1) is 0 Å². The van der Waals surface area contributed by atoms with Gasteiger partial charge in [0.15, 0.2) is 0 Å². The molecule has 2 aliphatic heterocycles. The topological polar surface area (TPSA) is 95.3 Å². The minimum atomic E-state index is -0.657. The van der Waals surface area contributed by atoms with Gasteiger partial charge >= 0.3 is 0 Å². The number of carbonyl (C=O) groups is 2. The van der Waals surface area contributed by atoms with Gasteiger partial charge in [-0.05, 0) is 18.4 Å². The summed E-state index contributed by atoms with van der Waals surface area (Å²) in [5.74, 6) is 0.0851. The van der Waals surface area contributed by atoms with Gasteiger partial charge in [0.05, 0.1) is 17.6 Å². The van der Waals surface area contributed by atoms with Gasteiger partial charge < -0.3 is 20.5 Å². The van der Waals surface area contributed by atoms with Crippen LogP contribution in [0.25, 0.3) is 0 Å². The van der Waals surface area contributed by atoms with Crippen LogP contribution in [0.3, 0.4) is 0 Å². The van der Waals surface area contributed by atoms with Crippen molar-refractivity contribution in [3.63, 3.8) is 0 Å². The highest BCUT2D eigenvalue weighted by Gasteiger charge is 2.49. The van der Waals surface area contributed by atoms with Crippen LogP contribution in [0.2, 0.25) is 0 Å². The number of carbonyl (C=O) groups excluding carboxylic acids is 2. The van der Waals surface area contributed by atoms with E-state index in [4.69, 9.17) is 5.73 Å². The molecule has 148 valence electrons. The third kappa shape index (κ3) is 2.99. The molecule has 0 saturated carbocycles. The van der Waals surface area contributed by atoms with Gasteiger partial charge in [-0.1, -0.05) is 37.3 Å². The van der Waals surface area contributed by atoms with Gasteiger partial charge in [-0.2, -0.15) is 0 Å². The van der Waals surface area contributed by atoms with E-state index >= 15 is 0 Å². The summed E-state index contributed by atoms with van der Waals surface area (Å²) in [4.78, 5) is 37.2. The third-order valence-corrected chi connectivity index (χ3v) is 6.19. The van der Waals surface area contributed by atoms with Crippen molar-refractivity contribution in [2.75, 3.05) is 19.6 Å². The second-order valence-corrected chi connectivity index (χ2v) is 7.62.